The lowest BCUT2D eigenvalue weighted by atomic mass is 10.0. The largest absolute Gasteiger partial charge is 0.464 e. The number of hydrogen-bond acceptors (Lipinski definition) is 4. The monoisotopic (exact) mass is 214 g/mol. The predicted octanol–water partition coefficient (Wildman–Crippen LogP) is 0.432. The zero-order valence-electron chi connectivity index (χ0n) is 7.30. The van der Waals surface area contributed by atoms with E-state index in [0.717, 1.165) is 0 Å². The summed E-state index contributed by atoms with van der Waals surface area (Å²) in [5, 5.41) is 8.92. The van der Waals surface area contributed by atoms with Crippen LogP contribution in [-0.4, -0.2) is 35.7 Å². The molecule has 82 valence electrons. The van der Waals surface area contributed by atoms with E-state index in [9.17, 15) is 22.8 Å². The molecule has 0 fully saturated rings. The van der Waals surface area contributed by atoms with Crippen LogP contribution in [0.3, 0.4) is 0 Å². The van der Waals surface area contributed by atoms with Crippen LogP contribution in [0.15, 0.2) is 0 Å². The molecule has 0 bridgehead atoms. The molecule has 0 saturated carbocycles. The molecule has 0 unspecified atom stereocenters. The first-order chi connectivity index (χ1) is 6.29. The summed E-state index contributed by atoms with van der Waals surface area (Å²) in [6.07, 6.45) is -6.78. The molecule has 0 aliphatic rings. The SMILES string of the molecule is CCOC(=O)[C@](O)(CC=O)C(F)(F)F. The van der Waals surface area contributed by atoms with E-state index in [0.29, 0.717) is 0 Å². The molecule has 0 spiro atoms. The Kier molecular flexibility index (Phi) is 4.06. The van der Waals surface area contributed by atoms with Gasteiger partial charge in [0, 0.05) is 0 Å². The summed E-state index contributed by atoms with van der Waals surface area (Å²) in [6.45, 7) is 0.978. The van der Waals surface area contributed by atoms with Gasteiger partial charge in [0.25, 0.3) is 5.60 Å². The molecule has 0 radical (unpaired) electrons. The molecule has 0 aromatic carbocycles. The van der Waals surface area contributed by atoms with E-state index >= 15 is 0 Å². The fourth-order valence-electron chi connectivity index (χ4n) is 0.686. The molecule has 1 N–H and O–H groups in total. The van der Waals surface area contributed by atoms with Gasteiger partial charge in [0.2, 0.25) is 0 Å². The first kappa shape index (κ1) is 12.9. The van der Waals surface area contributed by atoms with Gasteiger partial charge in [-0.3, -0.25) is 0 Å². The Morgan fingerprint density at radius 3 is 2.29 bits per heavy atom. The minimum atomic E-state index is -5.22. The number of alkyl halides is 3. The van der Waals surface area contributed by atoms with Crippen molar-refractivity contribution >= 4 is 12.3 Å². The highest BCUT2D eigenvalue weighted by atomic mass is 19.4. The lowest BCUT2D eigenvalue weighted by Gasteiger charge is -2.25. The maximum Gasteiger partial charge on any atom is 0.428 e. The first-order valence-electron chi connectivity index (χ1n) is 3.69. The maximum atomic E-state index is 12.2. The molecule has 0 saturated heterocycles. The van der Waals surface area contributed by atoms with Gasteiger partial charge in [-0.25, -0.2) is 4.79 Å². The van der Waals surface area contributed by atoms with E-state index in [1.54, 1.807) is 0 Å². The van der Waals surface area contributed by atoms with Crippen molar-refractivity contribution in [2.45, 2.75) is 25.1 Å². The summed E-state index contributed by atoms with van der Waals surface area (Å²) in [5.74, 6) is -1.86. The lowest BCUT2D eigenvalue weighted by Crippen LogP contribution is -2.53. The molecule has 14 heavy (non-hydrogen) atoms. The van der Waals surface area contributed by atoms with Gasteiger partial charge in [0.05, 0.1) is 13.0 Å². The second kappa shape index (κ2) is 4.41. The molecule has 4 nitrogen and oxygen atoms in total. The summed E-state index contributed by atoms with van der Waals surface area (Å²) in [4.78, 5) is 20.7. The van der Waals surface area contributed by atoms with Gasteiger partial charge in [-0.15, -0.1) is 0 Å². The third kappa shape index (κ3) is 2.44. The van der Waals surface area contributed by atoms with Crippen LogP contribution in [0.1, 0.15) is 13.3 Å². The zero-order chi connectivity index (χ0) is 11.4. The Labute approximate surface area is 77.7 Å². The number of hydrogen-bond donors (Lipinski definition) is 1. The molecule has 0 aliphatic heterocycles. The van der Waals surface area contributed by atoms with Crippen molar-refractivity contribution in [3.8, 4) is 0 Å². The van der Waals surface area contributed by atoms with Gasteiger partial charge in [-0.2, -0.15) is 13.2 Å². The quantitative estimate of drug-likeness (QED) is 0.544. The molecular weight excluding hydrogens is 205 g/mol. The minimum absolute atomic E-state index is 0.190. The van der Waals surface area contributed by atoms with Crippen LogP contribution in [0.25, 0.3) is 0 Å². The van der Waals surface area contributed by atoms with Crippen molar-refractivity contribution in [2.75, 3.05) is 6.61 Å². The highest BCUT2D eigenvalue weighted by Gasteiger charge is 2.60. The van der Waals surface area contributed by atoms with Gasteiger partial charge in [-0.1, -0.05) is 0 Å². The first-order valence-corrected chi connectivity index (χ1v) is 3.69. The normalized spacial score (nSPS) is 15.8. The molecular formula is C7H9F3O4. The third-order valence-electron chi connectivity index (χ3n) is 1.46. The Morgan fingerprint density at radius 2 is 2.00 bits per heavy atom. The fraction of sp³-hybridized carbons (Fsp3) is 0.714. The van der Waals surface area contributed by atoms with Crippen molar-refractivity contribution in [2.24, 2.45) is 0 Å². The minimum Gasteiger partial charge on any atom is -0.464 e. The third-order valence-corrected chi connectivity index (χ3v) is 1.46. The molecule has 0 aromatic rings. The van der Waals surface area contributed by atoms with Crippen LogP contribution in [0.2, 0.25) is 0 Å². The molecule has 0 aliphatic carbocycles. The second-order valence-corrected chi connectivity index (χ2v) is 2.45. The van der Waals surface area contributed by atoms with Gasteiger partial charge in [-0.05, 0) is 6.92 Å². The molecule has 0 aromatic heterocycles. The molecule has 1 atom stereocenters. The van der Waals surface area contributed by atoms with Crippen LogP contribution in [0.5, 0.6) is 0 Å². The van der Waals surface area contributed by atoms with Gasteiger partial charge < -0.3 is 14.6 Å². The van der Waals surface area contributed by atoms with E-state index < -0.39 is 24.2 Å². The predicted molar refractivity (Wildman–Crippen MR) is 38.3 cm³/mol. The van der Waals surface area contributed by atoms with Crippen LogP contribution >= 0.6 is 0 Å². The molecule has 0 amide bonds. The summed E-state index contributed by atoms with van der Waals surface area (Å²) in [6, 6.07) is 0. The fourth-order valence-corrected chi connectivity index (χ4v) is 0.686. The van der Waals surface area contributed by atoms with E-state index in [4.69, 9.17) is 5.11 Å². The number of carbonyl (C=O) groups excluding carboxylic acids is 2. The van der Waals surface area contributed by atoms with Crippen molar-refractivity contribution in [3.63, 3.8) is 0 Å². The summed E-state index contributed by atoms with van der Waals surface area (Å²) in [5.41, 5.74) is -3.73. The van der Waals surface area contributed by atoms with E-state index in [-0.39, 0.29) is 12.9 Å². The maximum absolute atomic E-state index is 12.2. The van der Waals surface area contributed by atoms with E-state index in [2.05, 4.69) is 4.74 Å². The summed E-state index contributed by atoms with van der Waals surface area (Å²) < 4.78 is 40.5. The molecule has 0 heterocycles. The van der Waals surface area contributed by atoms with E-state index in [1.165, 1.54) is 6.92 Å². The average Bonchev–Trinajstić information content (AvgIpc) is 2.03. The Bertz CT molecular complexity index is 225. The smallest absolute Gasteiger partial charge is 0.428 e. The molecule has 0 rings (SSSR count). The Balaban J connectivity index is 4.89. The summed E-state index contributed by atoms with van der Waals surface area (Å²) in [7, 11) is 0. The number of rotatable bonds is 4. The van der Waals surface area contributed by atoms with Gasteiger partial charge >= 0.3 is 12.1 Å². The number of carbonyl (C=O) groups is 2. The Hall–Kier alpha value is -1.11. The van der Waals surface area contributed by atoms with Crippen molar-refractivity contribution in [1.82, 2.24) is 0 Å². The number of esters is 1. The van der Waals surface area contributed by atoms with Crippen LogP contribution in [0.4, 0.5) is 13.2 Å². The van der Waals surface area contributed by atoms with Crippen LogP contribution < -0.4 is 0 Å². The highest BCUT2D eigenvalue weighted by molar-refractivity contribution is 5.83. The molecule has 7 heteroatoms. The number of aldehydes is 1. The zero-order valence-corrected chi connectivity index (χ0v) is 7.30. The average molecular weight is 214 g/mol. The number of halogens is 3. The standard InChI is InChI=1S/C7H9F3O4/c1-2-14-5(12)6(13,3-4-11)7(8,9)10/h4,13H,2-3H2,1H3/t6-/m1/s1. The topological polar surface area (TPSA) is 63.6 Å². The van der Waals surface area contributed by atoms with E-state index in [1.807, 2.05) is 0 Å². The lowest BCUT2D eigenvalue weighted by molar-refractivity contribution is -0.262. The van der Waals surface area contributed by atoms with Crippen LogP contribution in [-0.2, 0) is 14.3 Å². The van der Waals surface area contributed by atoms with Crippen LogP contribution in [0, 0.1) is 0 Å². The number of aliphatic hydroxyl groups is 1. The number of ether oxygens (including phenoxy) is 1. The summed E-state index contributed by atoms with van der Waals surface area (Å²) >= 11 is 0. The van der Waals surface area contributed by atoms with Gasteiger partial charge in [0.1, 0.15) is 6.29 Å². The second-order valence-electron chi connectivity index (χ2n) is 2.45. The Morgan fingerprint density at radius 1 is 1.50 bits per heavy atom. The van der Waals surface area contributed by atoms with Crippen molar-refractivity contribution in [1.29, 1.82) is 0 Å². The van der Waals surface area contributed by atoms with Gasteiger partial charge in [0.15, 0.2) is 0 Å². The highest BCUT2D eigenvalue weighted by Crippen LogP contribution is 2.33. The van der Waals surface area contributed by atoms with Crippen molar-refractivity contribution in [3.05, 3.63) is 0 Å². The van der Waals surface area contributed by atoms with Crippen molar-refractivity contribution < 1.29 is 32.6 Å².